The van der Waals surface area contributed by atoms with Gasteiger partial charge in [0, 0.05) is 18.1 Å². The van der Waals surface area contributed by atoms with E-state index in [1.54, 1.807) is 42.8 Å². The Balaban J connectivity index is 2.28. The quantitative estimate of drug-likeness (QED) is 0.847. The second kappa shape index (κ2) is 5.34. The predicted octanol–water partition coefficient (Wildman–Crippen LogP) is 3.66. The largest absolute Gasteiger partial charge is 0.311 e. The van der Waals surface area contributed by atoms with Crippen molar-refractivity contribution in [3.05, 3.63) is 50.6 Å². The van der Waals surface area contributed by atoms with E-state index in [4.69, 9.17) is 5.26 Å². The summed E-state index contributed by atoms with van der Waals surface area (Å²) in [6.45, 7) is 0. The molecule has 1 aromatic heterocycles. The van der Waals surface area contributed by atoms with E-state index in [1.165, 1.54) is 16.2 Å². The molecule has 18 heavy (non-hydrogen) atoms. The molecule has 0 saturated heterocycles. The summed E-state index contributed by atoms with van der Waals surface area (Å²) in [5.74, 6) is -0.0907. The third kappa shape index (κ3) is 2.61. The van der Waals surface area contributed by atoms with E-state index < -0.39 is 0 Å². The molecule has 0 bridgehead atoms. The fourth-order valence-electron chi connectivity index (χ4n) is 1.52. The summed E-state index contributed by atoms with van der Waals surface area (Å²) in [6, 6.07) is 10.8. The third-order valence-electron chi connectivity index (χ3n) is 2.48. The Bertz CT molecular complexity index is 630. The van der Waals surface area contributed by atoms with E-state index in [-0.39, 0.29) is 5.91 Å². The highest BCUT2D eigenvalue weighted by Crippen LogP contribution is 2.23. The van der Waals surface area contributed by atoms with Gasteiger partial charge in [-0.3, -0.25) is 4.79 Å². The van der Waals surface area contributed by atoms with Crippen LogP contribution in [0.1, 0.15) is 15.9 Å². The molecule has 5 heteroatoms. The molecule has 0 N–H and O–H groups in total. The maximum Gasteiger partial charge on any atom is 0.258 e. The van der Waals surface area contributed by atoms with Crippen molar-refractivity contribution in [2.75, 3.05) is 11.9 Å². The first-order valence-electron chi connectivity index (χ1n) is 5.14. The number of carbonyl (C=O) groups is 1. The summed E-state index contributed by atoms with van der Waals surface area (Å²) >= 11 is 4.80. The number of benzene rings is 1. The molecule has 0 unspecified atom stereocenters. The van der Waals surface area contributed by atoms with Crippen LogP contribution in [0.5, 0.6) is 0 Å². The van der Waals surface area contributed by atoms with Gasteiger partial charge in [-0.05, 0) is 40.2 Å². The highest BCUT2D eigenvalue weighted by atomic mass is 79.9. The Kier molecular flexibility index (Phi) is 3.80. The second-order valence-corrected chi connectivity index (χ2v) is 5.96. The van der Waals surface area contributed by atoms with Crippen LogP contribution in [0.4, 0.5) is 5.69 Å². The van der Waals surface area contributed by atoms with Gasteiger partial charge in [0.1, 0.15) is 0 Å². The molecule has 0 saturated carbocycles. The fraction of sp³-hybridized carbons (Fsp3) is 0.0769. The summed E-state index contributed by atoms with van der Waals surface area (Å²) < 4.78 is 0.921. The standard InChI is InChI=1S/C13H9BrN2OS/c1-16(11-4-2-3-9(5-11)7-15)13(17)10-6-12(14)18-8-10/h2-6,8H,1H3. The molecule has 0 fully saturated rings. The van der Waals surface area contributed by atoms with E-state index in [2.05, 4.69) is 22.0 Å². The number of halogens is 1. The topological polar surface area (TPSA) is 44.1 Å². The number of nitriles is 1. The van der Waals surface area contributed by atoms with Crippen LogP contribution in [0.2, 0.25) is 0 Å². The van der Waals surface area contributed by atoms with Gasteiger partial charge < -0.3 is 4.90 Å². The minimum atomic E-state index is -0.0907. The molecule has 2 aromatic rings. The second-order valence-electron chi connectivity index (χ2n) is 3.67. The van der Waals surface area contributed by atoms with E-state index in [0.717, 1.165) is 3.79 Å². The van der Waals surface area contributed by atoms with Gasteiger partial charge in [-0.1, -0.05) is 6.07 Å². The lowest BCUT2D eigenvalue weighted by Gasteiger charge is -2.16. The van der Waals surface area contributed by atoms with Gasteiger partial charge >= 0.3 is 0 Å². The monoisotopic (exact) mass is 320 g/mol. The van der Waals surface area contributed by atoms with E-state index in [1.807, 2.05) is 0 Å². The van der Waals surface area contributed by atoms with Crippen molar-refractivity contribution in [1.82, 2.24) is 0 Å². The van der Waals surface area contributed by atoms with Gasteiger partial charge in [0.15, 0.2) is 0 Å². The minimum Gasteiger partial charge on any atom is -0.311 e. The first kappa shape index (κ1) is 12.8. The zero-order valence-corrected chi connectivity index (χ0v) is 12.0. The lowest BCUT2D eigenvalue weighted by atomic mass is 10.2. The predicted molar refractivity (Wildman–Crippen MR) is 75.9 cm³/mol. The number of rotatable bonds is 2. The Morgan fingerprint density at radius 1 is 1.44 bits per heavy atom. The summed E-state index contributed by atoms with van der Waals surface area (Å²) in [4.78, 5) is 13.7. The number of thiophene rings is 1. The van der Waals surface area contributed by atoms with Gasteiger partial charge in [0.05, 0.1) is 21.0 Å². The van der Waals surface area contributed by atoms with Crippen LogP contribution < -0.4 is 4.90 Å². The van der Waals surface area contributed by atoms with Gasteiger partial charge in [-0.2, -0.15) is 5.26 Å². The maximum absolute atomic E-state index is 12.2. The van der Waals surface area contributed by atoms with Crippen LogP contribution in [0.15, 0.2) is 39.5 Å². The van der Waals surface area contributed by atoms with Crippen LogP contribution in [0, 0.1) is 11.3 Å². The highest BCUT2D eigenvalue weighted by molar-refractivity contribution is 9.11. The molecule has 0 radical (unpaired) electrons. The van der Waals surface area contributed by atoms with Gasteiger partial charge in [-0.25, -0.2) is 0 Å². The number of carbonyl (C=O) groups excluding carboxylic acids is 1. The smallest absolute Gasteiger partial charge is 0.258 e. The van der Waals surface area contributed by atoms with Gasteiger partial charge in [0.2, 0.25) is 0 Å². The van der Waals surface area contributed by atoms with Crippen LogP contribution in [-0.2, 0) is 0 Å². The average molecular weight is 321 g/mol. The lowest BCUT2D eigenvalue weighted by Crippen LogP contribution is -2.25. The van der Waals surface area contributed by atoms with Crippen LogP contribution in [0.25, 0.3) is 0 Å². The molecule has 0 atom stereocenters. The van der Waals surface area contributed by atoms with Crippen molar-refractivity contribution in [3.63, 3.8) is 0 Å². The number of nitrogens with zero attached hydrogens (tertiary/aromatic N) is 2. The van der Waals surface area contributed by atoms with Crippen LogP contribution in [-0.4, -0.2) is 13.0 Å². The Morgan fingerprint density at radius 2 is 2.22 bits per heavy atom. The summed E-state index contributed by atoms with van der Waals surface area (Å²) in [5.41, 5.74) is 1.89. The molecule has 0 spiro atoms. The van der Waals surface area contributed by atoms with Crippen molar-refractivity contribution < 1.29 is 4.79 Å². The Hall–Kier alpha value is -1.64. The first-order valence-corrected chi connectivity index (χ1v) is 6.81. The normalized spacial score (nSPS) is 9.83. The highest BCUT2D eigenvalue weighted by Gasteiger charge is 2.15. The van der Waals surface area contributed by atoms with Crippen molar-refractivity contribution in [2.45, 2.75) is 0 Å². The molecule has 2 rings (SSSR count). The fourth-order valence-corrected chi connectivity index (χ4v) is 2.65. The zero-order valence-electron chi connectivity index (χ0n) is 9.55. The SMILES string of the molecule is CN(C(=O)c1csc(Br)c1)c1cccc(C#N)c1. The molecule has 1 amide bonds. The Morgan fingerprint density at radius 3 is 2.83 bits per heavy atom. The molecule has 0 aliphatic rings. The molecular weight excluding hydrogens is 312 g/mol. The van der Waals surface area contributed by atoms with Crippen molar-refractivity contribution in [2.24, 2.45) is 0 Å². The van der Waals surface area contributed by atoms with Crippen molar-refractivity contribution in [1.29, 1.82) is 5.26 Å². The number of hydrogen-bond acceptors (Lipinski definition) is 3. The third-order valence-corrected chi connectivity index (χ3v) is 3.99. The van der Waals surface area contributed by atoms with Gasteiger partial charge in [-0.15, -0.1) is 11.3 Å². The molecule has 90 valence electrons. The first-order chi connectivity index (χ1) is 8.61. The summed E-state index contributed by atoms with van der Waals surface area (Å²) in [7, 11) is 1.70. The molecule has 0 aliphatic carbocycles. The molecule has 1 heterocycles. The molecule has 1 aromatic carbocycles. The molecular formula is C13H9BrN2OS. The Labute approximate surface area is 117 Å². The zero-order chi connectivity index (χ0) is 13.1. The molecule has 3 nitrogen and oxygen atoms in total. The van der Waals surface area contributed by atoms with Crippen molar-refractivity contribution in [3.8, 4) is 6.07 Å². The summed E-state index contributed by atoms with van der Waals surface area (Å²) in [5, 5.41) is 10.6. The van der Waals surface area contributed by atoms with E-state index in [9.17, 15) is 4.79 Å². The van der Waals surface area contributed by atoms with E-state index >= 15 is 0 Å². The average Bonchev–Trinajstić information content (AvgIpc) is 2.83. The number of hydrogen-bond donors (Lipinski definition) is 0. The summed E-state index contributed by atoms with van der Waals surface area (Å²) in [6.07, 6.45) is 0. The lowest BCUT2D eigenvalue weighted by molar-refractivity contribution is 0.0993. The minimum absolute atomic E-state index is 0.0907. The maximum atomic E-state index is 12.2. The van der Waals surface area contributed by atoms with Crippen LogP contribution in [0.3, 0.4) is 0 Å². The van der Waals surface area contributed by atoms with Crippen molar-refractivity contribution >= 4 is 38.9 Å². The molecule has 0 aliphatic heterocycles. The number of amides is 1. The number of anilines is 1. The van der Waals surface area contributed by atoms with Gasteiger partial charge in [0.25, 0.3) is 5.91 Å². The van der Waals surface area contributed by atoms with Crippen LogP contribution >= 0.6 is 27.3 Å². The van der Waals surface area contributed by atoms with E-state index in [0.29, 0.717) is 16.8 Å².